The Labute approximate surface area is 163 Å². The van der Waals surface area contributed by atoms with Gasteiger partial charge in [0.15, 0.2) is 5.96 Å². The first-order chi connectivity index (χ1) is 10.8. The lowest BCUT2D eigenvalue weighted by Crippen LogP contribution is -2.43. The van der Waals surface area contributed by atoms with Gasteiger partial charge < -0.3 is 10.6 Å². The molecular weight excluding hydrogens is 437 g/mol. The molecule has 0 aliphatic rings. The van der Waals surface area contributed by atoms with Gasteiger partial charge in [-0.15, -0.1) is 24.0 Å². The van der Waals surface area contributed by atoms with Crippen molar-refractivity contribution in [2.75, 3.05) is 25.6 Å². The zero-order valence-corrected chi connectivity index (χ0v) is 18.1. The van der Waals surface area contributed by atoms with Crippen molar-refractivity contribution < 1.29 is 8.42 Å². The van der Waals surface area contributed by atoms with Crippen LogP contribution in [-0.2, 0) is 9.84 Å². The summed E-state index contributed by atoms with van der Waals surface area (Å²) < 4.78 is 22.4. The van der Waals surface area contributed by atoms with E-state index in [-0.39, 0.29) is 35.8 Å². The van der Waals surface area contributed by atoms with Crippen molar-refractivity contribution in [3.8, 4) is 0 Å². The van der Waals surface area contributed by atoms with Crippen LogP contribution in [0.4, 0.5) is 0 Å². The number of guanidine groups is 1. The largest absolute Gasteiger partial charge is 0.356 e. The number of nitrogens with zero attached hydrogens (tertiary/aromatic N) is 1. The molecule has 0 saturated heterocycles. The first-order valence-electron chi connectivity index (χ1n) is 8.01. The summed E-state index contributed by atoms with van der Waals surface area (Å²) in [4.78, 5) is 4.19. The highest BCUT2D eigenvalue weighted by Crippen LogP contribution is 2.17. The van der Waals surface area contributed by atoms with Gasteiger partial charge in [0, 0.05) is 25.9 Å². The molecule has 0 saturated carbocycles. The summed E-state index contributed by atoms with van der Waals surface area (Å²) in [5, 5.41) is 6.51. The number of hydrogen-bond acceptors (Lipinski definition) is 3. The molecule has 0 aromatic heterocycles. The highest BCUT2D eigenvalue weighted by Gasteiger charge is 2.10. The molecule has 24 heavy (non-hydrogen) atoms. The maximum absolute atomic E-state index is 11.2. The van der Waals surface area contributed by atoms with E-state index in [1.165, 1.54) is 11.8 Å². The Kier molecular flexibility index (Phi) is 11.3. The van der Waals surface area contributed by atoms with Gasteiger partial charge >= 0.3 is 0 Å². The molecule has 0 bridgehead atoms. The van der Waals surface area contributed by atoms with E-state index in [4.69, 9.17) is 0 Å². The van der Waals surface area contributed by atoms with Gasteiger partial charge in [0.05, 0.1) is 5.75 Å². The fourth-order valence-electron chi connectivity index (χ4n) is 2.25. The molecule has 0 aliphatic heterocycles. The van der Waals surface area contributed by atoms with E-state index >= 15 is 0 Å². The van der Waals surface area contributed by atoms with Crippen molar-refractivity contribution in [2.24, 2.45) is 4.99 Å². The minimum Gasteiger partial charge on any atom is -0.356 e. The quantitative estimate of drug-likeness (QED) is 0.351. The number of aliphatic imine (C=N–C) groups is 1. The van der Waals surface area contributed by atoms with Gasteiger partial charge in [-0.3, -0.25) is 4.99 Å². The van der Waals surface area contributed by atoms with Gasteiger partial charge in [-0.2, -0.15) is 0 Å². The maximum Gasteiger partial charge on any atom is 0.191 e. The predicted molar refractivity (Wildman–Crippen MR) is 113 cm³/mol. The Morgan fingerprint density at radius 1 is 1.17 bits per heavy atom. The molecule has 2 unspecified atom stereocenters. The molecule has 0 radical (unpaired) electrons. The lowest BCUT2D eigenvalue weighted by Gasteiger charge is -2.19. The molecule has 0 amide bonds. The number of nitrogens with one attached hydrogen (secondary N) is 2. The number of hydrogen-bond donors (Lipinski definition) is 2. The van der Waals surface area contributed by atoms with Crippen LogP contribution in [-0.4, -0.2) is 46.0 Å². The van der Waals surface area contributed by atoms with Crippen molar-refractivity contribution in [1.29, 1.82) is 0 Å². The van der Waals surface area contributed by atoms with E-state index in [1.54, 1.807) is 7.05 Å². The maximum atomic E-state index is 11.2. The van der Waals surface area contributed by atoms with E-state index in [0.717, 1.165) is 13.0 Å². The molecule has 0 heterocycles. The van der Waals surface area contributed by atoms with Gasteiger partial charge in [-0.05, 0) is 31.2 Å². The lowest BCUT2D eigenvalue weighted by atomic mass is 9.98. The normalized spacial score (nSPS) is 14.4. The summed E-state index contributed by atoms with van der Waals surface area (Å²) in [6.45, 7) is 4.99. The number of halogens is 1. The highest BCUT2D eigenvalue weighted by atomic mass is 127. The van der Waals surface area contributed by atoms with E-state index in [2.05, 4.69) is 46.8 Å². The molecule has 7 heteroatoms. The number of sulfone groups is 1. The second kappa shape index (κ2) is 11.7. The monoisotopic (exact) mass is 467 g/mol. The van der Waals surface area contributed by atoms with Crippen LogP contribution in [0.5, 0.6) is 0 Å². The van der Waals surface area contributed by atoms with Crippen molar-refractivity contribution in [3.63, 3.8) is 0 Å². The van der Waals surface area contributed by atoms with Crippen LogP contribution in [0.25, 0.3) is 0 Å². The van der Waals surface area contributed by atoms with E-state index < -0.39 is 9.84 Å². The molecule has 1 aromatic rings. The molecule has 138 valence electrons. The highest BCUT2D eigenvalue weighted by molar-refractivity contribution is 14.0. The van der Waals surface area contributed by atoms with Crippen LogP contribution in [0.15, 0.2) is 35.3 Å². The molecule has 0 spiro atoms. The first-order valence-corrected chi connectivity index (χ1v) is 10.1. The van der Waals surface area contributed by atoms with Gasteiger partial charge in [-0.25, -0.2) is 8.42 Å². The van der Waals surface area contributed by atoms with Crippen LogP contribution in [0.1, 0.15) is 38.2 Å². The summed E-state index contributed by atoms with van der Waals surface area (Å²) >= 11 is 0. The van der Waals surface area contributed by atoms with E-state index in [0.29, 0.717) is 18.3 Å². The fraction of sp³-hybridized carbons (Fsp3) is 0.588. The Bertz CT molecular complexity index is 591. The summed E-state index contributed by atoms with van der Waals surface area (Å²) in [7, 11) is -1.20. The SMILES string of the molecule is CN=C(NCCC(C)c1ccccc1)NC(C)CCS(C)(=O)=O.I. The number of benzene rings is 1. The second-order valence-electron chi connectivity index (χ2n) is 6.06. The van der Waals surface area contributed by atoms with E-state index in [9.17, 15) is 8.42 Å². The Morgan fingerprint density at radius 3 is 2.33 bits per heavy atom. The predicted octanol–water partition coefficient (Wildman–Crippen LogP) is 2.79. The van der Waals surface area contributed by atoms with Crippen molar-refractivity contribution in [3.05, 3.63) is 35.9 Å². The molecule has 1 aromatic carbocycles. The molecular formula is C17H30IN3O2S. The molecule has 2 N–H and O–H groups in total. The Hall–Kier alpha value is -0.830. The summed E-state index contributed by atoms with van der Waals surface area (Å²) in [5.74, 6) is 1.37. The van der Waals surface area contributed by atoms with Crippen molar-refractivity contribution in [2.45, 2.75) is 38.6 Å². The van der Waals surface area contributed by atoms with Crippen molar-refractivity contribution >= 4 is 39.8 Å². The third-order valence-corrected chi connectivity index (χ3v) is 4.74. The summed E-state index contributed by atoms with van der Waals surface area (Å²) in [5.41, 5.74) is 1.33. The topological polar surface area (TPSA) is 70.6 Å². The zero-order valence-electron chi connectivity index (χ0n) is 15.0. The van der Waals surface area contributed by atoms with Gasteiger partial charge in [-0.1, -0.05) is 37.3 Å². The third kappa shape index (κ3) is 10.1. The molecule has 2 atom stereocenters. The average molecular weight is 467 g/mol. The van der Waals surface area contributed by atoms with Gasteiger partial charge in [0.25, 0.3) is 0 Å². The minimum atomic E-state index is -2.92. The van der Waals surface area contributed by atoms with Crippen LogP contribution < -0.4 is 10.6 Å². The molecule has 1 rings (SSSR count). The van der Waals surface area contributed by atoms with Crippen LogP contribution in [0.3, 0.4) is 0 Å². The van der Waals surface area contributed by atoms with Gasteiger partial charge in [0.2, 0.25) is 0 Å². The summed E-state index contributed by atoms with van der Waals surface area (Å²) in [6, 6.07) is 10.5. The fourth-order valence-corrected chi connectivity index (χ4v) is 3.03. The second-order valence-corrected chi connectivity index (χ2v) is 8.32. The van der Waals surface area contributed by atoms with Crippen LogP contribution in [0, 0.1) is 0 Å². The molecule has 0 aliphatic carbocycles. The van der Waals surface area contributed by atoms with Crippen LogP contribution >= 0.6 is 24.0 Å². The lowest BCUT2D eigenvalue weighted by molar-refractivity contribution is 0.578. The standard InChI is InChI=1S/C17H29N3O2S.HI/c1-14(16-8-6-5-7-9-16)10-12-19-17(18-3)20-15(2)11-13-23(4,21)22;/h5-9,14-15H,10-13H2,1-4H3,(H2,18,19,20);1H. The van der Waals surface area contributed by atoms with Crippen molar-refractivity contribution in [1.82, 2.24) is 10.6 Å². The summed E-state index contributed by atoms with van der Waals surface area (Å²) in [6.07, 6.45) is 2.83. The Morgan fingerprint density at radius 2 is 1.79 bits per heavy atom. The minimum absolute atomic E-state index is 0. The average Bonchev–Trinajstić information content (AvgIpc) is 2.52. The zero-order chi connectivity index (χ0) is 17.3. The first kappa shape index (κ1) is 23.2. The Balaban J connectivity index is 0.00000529. The number of rotatable bonds is 8. The van der Waals surface area contributed by atoms with Gasteiger partial charge in [0.1, 0.15) is 9.84 Å². The molecule has 5 nitrogen and oxygen atoms in total. The smallest absolute Gasteiger partial charge is 0.191 e. The third-order valence-electron chi connectivity index (χ3n) is 3.77. The van der Waals surface area contributed by atoms with Crippen LogP contribution in [0.2, 0.25) is 0 Å². The molecule has 0 fully saturated rings. The van der Waals surface area contributed by atoms with E-state index in [1.807, 2.05) is 13.0 Å².